The lowest BCUT2D eigenvalue weighted by Crippen LogP contribution is -2.36. The predicted octanol–water partition coefficient (Wildman–Crippen LogP) is 2.06. The third-order valence-electron chi connectivity index (χ3n) is 2.67. The molecule has 0 aliphatic heterocycles. The Hall–Kier alpha value is -1.26. The molecule has 0 fully saturated rings. The highest BCUT2D eigenvalue weighted by Crippen LogP contribution is 2.13. The van der Waals surface area contributed by atoms with Gasteiger partial charge in [0.15, 0.2) is 0 Å². The van der Waals surface area contributed by atoms with E-state index in [2.05, 4.69) is 10.6 Å². The maximum atomic E-state index is 11.4. The lowest BCUT2D eigenvalue weighted by Gasteiger charge is -2.23. The SMILES string of the molecule is CCC(C)(C)OC(=O)NCCCNC(=O)C(C)C. The minimum Gasteiger partial charge on any atom is -0.444 e. The summed E-state index contributed by atoms with van der Waals surface area (Å²) in [5, 5.41) is 5.45. The van der Waals surface area contributed by atoms with Gasteiger partial charge >= 0.3 is 6.09 Å². The quantitative estimate of drug-likeness (QED) is 0.687. The lowest BCUT2D eigenvalue weighted by molar-refractivity contribution is -0.123. The summed E-state index contributed by atoms with van der Waals surface area (Å²) >= 11 is 0. The first-order valence-electron chi connectivity index (χ1n) is 6.53. The van der Waals surface area contributed by atoms with Crippen molar-refractivity contribution < 1.29 is 14.3 Å². The van der Waals surface area contributed by atoms with Crippen LogP contribution in [0.4, 0.5) is 4.79 Å². The summed E-state index contributed by atoms with van der Waals surface area (Å²) < 4.78 is 5.22. The van der Waals surface area contributed by atoms with Gasteiger partial charge < -0.3 is 15.4 Å². The first kappa shape index (κ1) is 16.7. The third kappa shape index (κ3) is 7.92. The molecular weight excluding hydrogens is 232 g/mol. The van der Waals surface area contributed by atoms with Gasteiger partial charge in [-0.05, 0) is 26.7 Å². The molecule has 0 aliphatic rings. The minimum atomic E-state index is -0.435. The van der Waals surface area contributed by atoms with Crippen LogP contribution in [0.2, 0.25) is 0 Å². The Kier molecular flexibility index (Phi) is 7.39. The van der Waals surface area contributed by atoms with Gasteiger partial charge in [-0.2, -0.15) is 0 Å². The lowest BCUT2D eigenvalue weighted by atomic mass is 10.1. The Labute approximate surface area is 110 Å². The van der Waals surface area contributed by atoms with Gasteiger partial charge in [0.1, 0.15) is 5.60 Å². The number of carbonyl (C=O) groups is 2. The Morgan fingerprint density at radius 1 is 1.17 bits per heavy atom. The fourth-order valence-electron chi connectivity index (χ4n) is 1.05. The third-order valence-corrected chi connectivity index (χ3v) is 2.67. The van der Waals surface area contributed by atoms with Gasteiger partial charge in [-0.3, -0.25) is 4.79 Å². The molecule has 0 aromatic rings. The smallest absolute Gasteiger partial charge is 0.407 e. The van der Waals surface area contributed by atoms with E-state index in [1.807, 2.05) is 34.6 Å². The molecule has 106 valence electrons. The molecule has 5 nitrogen and oxygen atoms in total. The fourth-order valence-corrected chi connectivity index (χ4v) is 1.05. The van der Waals surface area contributed by atoms with E-state index >= 15 is 0 Å². The van der Waals surface area contributed by atoms with E-state index in [0.29, 0.717) is 19.5 Å². The molecule has 0 atom stereocenters. The molecule has 0 spiro atoms. The summed E-state index contributed by atoms with van der Waals surface area (Å²) in [6.45, 7) is 10.5. The number of hydrogen-bond acceptors (Lipinski definition) is 3. The number of amides is 2. The van der Waals surface area contributed by atoms with E-state index in [-0.39, 0.29) is 11.8 Å². The van der Waals surface area contributed by atoms with E-state index in [0.717, 1.165) is 6.42 Å². The molecule has 2 amide bonds. The molecular formula is C13H26N2O3. The standard InChI is InChI=1S/C13H26N2O3/c1-6-13(4,5)18-12(17)15-9-7-8-14-11(16)10(2)3/h10H,6-9H2,1-5H3,(H,14,16)(H,15,17). The zero-order valence-electron chi connectivity index (χ0n) is 12.1. The summed E-state index contributed by atoms with van der Waals surface area (Å²) in [6.07, 6.45) is 1.06. The second-order valence-electron chi connectivity index (χ2n) is 5.23. The van der Waals surface area contributed by atoms with E-state index in [1.165, 1.54) is 0 Å². The van der Waals surface area contributed by atoms with Crippen molar-refractivity contribution in [3.05, 3.63) is 0 Å². The Balaban J connectivity index is 3.61. The van der Waals surface area contributed by atoms with Crippen LogP contribution in [-0.2, 0) is 9.53 Å². The molecule has 5 heteroatoms. The number of rotatable bonds is 7. The molecule has 0 aromatic heterocycles. The number of carbonyl (C=O) groups excluding carboxylic acids is 2. The Morgan fingerprint density at radius 2 is 1.72 bits per heavy atom. The van der Waals surface area contributed by atoms with Gasteiger partial charge in [-0.15, -0.1) is 0 Å². The minimum absolute atomic E-state index is 0.00622. The van der Waals surface area contributed by atoms with Crippen LogP contribution in [-0.4, -0.2) is 30.7 Å². The van der Waals surface area contributed by atoms with Crippen LogP contribution in [0.15, 0.2) is 0 Å². The topological polar surface area (TPSA) is 67.4 Å². The molecule has 18 heavy (non-hydrogen) atoms. The second kappa shape index (κ2) is 7.95. The maximum Gasteiger partial charge on any atom is 0.407 e. The maximum absolute atomic E-state index is 11.4. The molecule has 0 rings (SSSR count). The van der Waals surface area contributed by atoms with Gasteiger partial charge in [0.2, 0.25) is 5.91 Å². The summed E-state index contributed by atoms with van der Waals surface area (Å²) in [6, 6.07) is 0. The van der Waals surface area contributed by atoms with Crippen molar-refractivity contribution in [2.45, 2.75) is 53.1 Å². The van der Waals surface area contributed by atoms with Crippen molar-refractivity contribution in [2.75, 3.05) is 13.1 Å². The van der Waals surface area contributed by atoms with Crippen LogP contribution >= 0.6 is 0 Å². The molecule has 0 radical (unpaired) electrons. The van der Waals surface area contributed by atoms with Crippen molar-refractivity contribution in [2.24, 2.45) is 5.92 Å². The zero-order valence-corrected chi connectivity index (χ0v) is 12.1. The molecule has 0 bridgehead atoms. The number of alkyl carbamates (subject to hydrolysis) is 1. The monoisotopic (exact) mass is 258 g/mol. The largest absolute Gasteiger partial charge is 0.444 e. The molecule has 0 saturated heterocycles. The molecule has 0 heterocycles. The van der Waals surface area contributed by atoms with Crippen LogP contribution in [0.1, 0.15) is 47.5 Å². The van der Waals surface area contributed by atoms with E-state index < -0.39 is 11.7 Å². The van der Waals surface area contributed by atoms with Crippen LogP contribution in [0.25, 0.3) is 0 Å². The molecule has 2 N–H and O–H groups in total. The van der Waals surface area contributed by atoms with Crippen LogP contribution < -0.4 is 10.6 Å². The molecule has 0 aromatic carbocycles. The van der Waals surface area contributed by atoms with Crippen molar-refractivity contribution in [1.29, 1.82) is 0 Å². The highest BCUT2D eigenvalue weighted by Gasteiger charge is 2.19. The Morgan fingerprint density at radius 3 is 2.22 bits per heavy atom. The summed E-state index contributed by atoms with van der Waals surface area (Å²) in [7, 11) is 0. The second-order valence-corrected chi connectivity index (χ2v) is 5.23. The first-order valence-corrected chi connectivity index (χ1v) is 6.53. The van der Waals surface area contributed by atoms with Crippen molar-refractivity contribution >= 4 is 12.0 Å². The van der Waals surface area contributed by atoms with Crippen LogP contribution in [0, 0.1) is 5.92 Å². The molecule has 0 aliphatic carbocycles. The van der Waals surface area contributed by atoms with Gasteiger partial charge in [0.05, 0.1) is 0 Å². The number of nitrogens with one attached hydrogen (secondary N) is 2. The van der Waals surface area contributed by atoms with Crippen LogP contribution in [0.5, 0.6) is 0 Å². The van der Waals surface area contributed by atoms with Gasteiger partial charge in [-0.25, -0.2) is 4.79 Å². The molecule has 0 unspecified atom stereocenters. The number of ether oxygens (including phenoxy) is 1. The van der Waals surface area contributed by atoms with Crippen molar-refractivity contribution in [3.8, 4) is 0 Å². The van der Waals surface area contributed by atoms with Gasteiger partial charge in [0, 0.05) is 19.0 Å². The van der Waals surface area contributed by atoms with Crippen molar-refractivity contribution in [1.82, 2.24) is 10.6 Å². The van der Waals surface area contributed by atoms with Gasteiger partial charge in [-0.1, -0.05) is 20.8 Å². The fraction of sp³-hybridized carbons (Fsp3) is 0.846. The average Bonchev–Trinajstić information content (AvgIpc) is 2.27. The first-order chi connectivity index (χ1) is 8.28. The highest BCUT2D eigenvalue weighted by molar-refractivity contribution is 5.77. The van der Waals surface area contributed by atoms with Gasteiger partial charge in [0.25, 0.3) is 0 Å². The van der Waals surface area contributed by atoms with E-state index in [9.17, 15) is 9.59 Å². The average molecular weight is 258 g/mol. The van der Waals surface area contributed by atoms with Crippen LogP contribution in [0.3, 0.4) is 0 Å². The Bertz CT molecular complexity index is 275. The van der Waals surface area contributed by atoms with E-state index in [4.69, 9.17) is 4.74 Å². The summed E-state index contributed by atoms with van der Waals surface area (Å²) in [4.78, 5) is 22.6. The highest BCUT2D eigenvalue weighted by atomic mass is 16.6. The number of hydrogen-bond donors (Lipinski definition) is 2. The normalized spacial score (nSPS) is 11.2. The predicted molar refractivity (Wildman–Crippen MR) is 71.3 cm³/mol. The van der Waals surface area contributed by atoms with E-state index in [1.54, 1.807) is 0 Å². The molecule has 0 saturated carbocycles. The zero-order chi connectivity index (χ0) is 14.2. The van der Waals surface area contributed by atoms with Crippen molar-refractivity contribution in [3.63, 3.8) is 0 Å². The summed E-state index contributed by atoms with van der Waals surface area (Å²) in [5.74, 6) is 0.0259. The summed E-state index contributed by atoms with van der Waals surface area (Å²) in [5.41, 5.74) is -0.435.